The molecule has 9 heteroatoms. The second-order valence-corrected chi connectivity index (χ2v) is 8.92. The summed E-state index contributed by atoms with van der Waals surface area (Å²) in [6.45, 7) is 3.91. The normalized spacial score (nSPS) is 13.3. The van der Waals surface area contributed by atoms with Crippen molar-refractivity contribution in [1.29, 1.82) is 0 Å². The van der Waals surface area contributed by atoms with Crippen LogP contribution in [-0.2, 0) is 9.53 Å². The van der Waals surface area contributed by atoms with E-state index in [0.717, 1.165) is 34.7 Å². The molecule has 0 unspecified atom stereocenters. The maximum atomic E-state index is 12.6. The van der Waals surface area contributed by atoms with Crippen molar-refractivity contribution in [3.05, 3.63) is 47.3 Å². The molecule has 0 spiro atoms. The number of hydrogen-bond donors (Lipinski definition) is 2. The number of hydrogen-bond acceptors (Lipinski definition) is 7. The first-order valence-electron chi connectivity index (χ1n) is 9.77. The van der Waals surface area contributed by atoms with E-state index in [2.05, 4.69) is 20.5 Å². The predicted octanol–water partition coefficient (Wildman–Crippen LogP) is 4.63. The molecule has 1 saturated carbocycles. The lowest BCUT2D eigenvalue weighted by Crippen LogP contribution is -2.16. The van der Waals surface area contributed by atoms with Crippen LogP contribution in [0.25, 0.3) is 10.4 Å². The third-order valence-corrected chi connectivity index (χ3v) is 6.80. The summed E-state index contributed by atoms with van der Waals surface area (Å²) in [4.78, 5) is 30.5. The quantitative estimate of drug-likeness (QED) is 0.390. The van der Waals surface area contributed by atoms with Crippen LogP contribution >= 0.6 is 23.1 Å². The summed E-state index contributed by atoms with van der Waals surface area (Å²) in [6.07, 6.45) is 2.27. The average molecular weight is 443 g/mol. The first-order valence-corrected chi connectivity index (χ1v) is 11.6. The molecule has 2 aromatic heterocycles. The number of aromatic amines is 1. The van der Waals surface area contributed by atoms with Gasteiger partial charge in [-0.15, -0.1) is 16.4 Å². The molecule has 30 heavy (non-hydrogen) atoms. The van der Waals surface area contributed by atoms with Gasteiger partial charge in [-0.05, 0) is 37.8 Å². The SMILES string of the molecule is CCOC(=O)c1c(NC(=O)CSc2n[nH]c(C3CC3)n2)sc(-c2ccccc2)c1C. The van der Waals surface area contributed by atoms with E-state index in [1.54, 1.807) is 6.92 Å². The topological polar surface area (TPSA) is 97.0 Å². The molecule has 3 aromatic rings. The summed E-state index contributed by atoms with van der Waals surface area (Å²) in [5.41, 5.74) is 2.21. The second kappa shape index (κ2) is 9.01. The number of esters is 1. The Morgan fingerprint density at radius 1 is 1.30 bits per heavy atom. The molecule has 0 radical (unpaired) electrons. The number of carbonyl (C=O) groups is 2. The fourth-order valence-corrected chi connectivity index (χ4v) is 4.89. The maximum absolute atomic E-state index is 12.6. The van der Waals surface area contributed by atoms with E-state index in [0.29, 0.717) is 21.6 Å². The molecule has 2 N–H and O–H groups in total. The Bertz CT molecular complexity index is 1060. The minimum absolute atomic E-state index is 0.155. The average Bonchev–Trinajstić information content (AvgIpc) is 3.39. The number of H-pyrrole nitrogens is 1. The van der Waals surface area contributed by atoms with Crippen molar-refractivity contribution >= 4 is 40.0 Å². The summed E-state index contributed by atoms with van der Waals surface area (Å²) >= 11 is 2.65. The zero-order valence-corrected chi connectivity index (χ0v) is 18.4. The molecule has 7 nitrogen and oxygen atoms in total. The predicted molar refractivity (Wildman–Crippen MR) is 118 cm³/mol. The first-order chi connectivity index (χ1) is 14.6. The monoisotopic (exact) mass is 442 g/mol. The molecule has 156 valence electrons. The van der Waals surface area contributed by atoms with Crippen LogP contribution < -0.4 is 5.32 Å². The molecule has 1 amide bonds. The molecule has 1 aliphatic carbocycles. The van der Waals surface area contributed by atoms with Gasteiger partial charge in [0.15, 0.2) is 0 Å². The number of benzene rings is 1. The number of ether oxygens (including phenoxy) is 1. The summed E-state index contributed by atoms with van der Waals surface area (Å²) in [7, 11) is 0. The highest BCUT2D eigenvalue weighted by molar-refractivity contribution is 7.99. The van der Waals surface area contributed by atoms with E-state index < -0.39 is 5.97 Å². The van der Waals surface area contributed by atoms with Gasteiger partial charge in [0.25, 0.3) is 0 Å². The third kappa shape index (κ3) is 4.57. The Kier molecular flexibility index (Phi) is 6.19. The molecule has 2 heterocycles. The lowest BCUT2D eigenvalue weighted by molar-refractivity contribution is -0.113. The summed E-state index contributed by atoms with van der Waals surface area (Å²) in [5, 5.41) is 11.0. The number of nitrogens with one attached hydrogen (secondary N) is 2. The number of carbonyl (C=O) groups excluding carboxylic acids is 2. The van der Waals surface area contributed by atoms with Crippen LogP contribution in [-0.4, -0.2) is 39.4 Å². The maximum Gasteiger partial charge on any atom is 0.341 e. The van der Waals surface area contributed by atoms with Crippen molar-refractivity contribution in [2.45, 2.75) is 37.8 Å². The largest absolute Gasteiger partial charge is 0.462 e. The molecule has 1 aromatic carbocycles. The highest BCUT2D eigenvalue weighted by Gasteiger charge is 2.27. The summed E-state index contributed by atoms with van der Waals surface area (Å²) < 4.78 is 5.23. The number of anilines is 1. The van der Waals surface area contributed by atoms with Crippen molar-refractivity contribution in [1.82, 2.24) is 15.2 Å². The number of nitrogens with zero attached hydrogens (tertiary/aromatic N) is 2. The number of thiophene rings is 1. The summed E-state index contributed by atoms with van der Waals surface area (Å²) in [6, 6.07) is 9.79. The van der Waals surface area contributed by atoms with Crippen LogP contribution in [0.2, 0.25) is 0 Å². The van der Waals surface area contributed by atoms with Crippen molar-refractivity contribution < 1.29 is 14.3 Å². The Balaban J connectivity index is 1.50. The van der Waals surface area contributed by atoms with E-state index in [4.69, 9.17) is 4.74 Å². The Morgan fingerprint density at radius 3 is 2.77 bits per heavy atom. The molecule has 0 aliphatic heterocycles. The molecular weight excluding hydrogens is 420 g/mol. The van der Waals surface area contributed by atoms with Gasteiger partial charge in [0.2, 0.25) is 11.1 Å². The van der Waals surface area contributed by atoms with Crippen LogP contribution in [0.3, 0.4) is 0 Å². The fraction of sp³-hybridized carbons (Fsp3) is 0.333. The zero-order valence-electron chi connectivity index (χ0n) is 16.7. The van der Waals surface area contributed by atoms with Crippen molar-refractivity contribution in [3.63, 3.8) is 0 Å². The van der Waals surface area contributed by atoms with Crippen LogP contribution in [0.5, 0.6) is 0 Å². The number of amides is 1. The van der Waals surface area contributed by atoms with Crippen LogP contribution in [0, 0.1) is 6.92 Å². The Labute approximate surface area is 182 Å². The Hall–Kier alpha value is -2.65. The molecule has 1 aliphatic rings. The number of aromatic nitrogens is 3. The lowest BCUT2D eigenvalue weighted by atomic mass is 10.1. The zero-order chi connectivity index (χ0) is 21.1. The van der Waals surface area contributed by atoms with Crippen molar-refractivity contribution in [2.75, 3.05) is 17.7 Å². The van der Waals surface area contributed by atoms with Gasteiger partial charge in [-0.2, -0.15) is 0 Å². The standard InChI is InChI=1S/C21H22N4O3S2/c1-3-28-20(27)16-12(2)17(13-7-5-4-6-8-13)30-19(16)22-15(26)11-29-21-23-18(24-25-21)14-9-10-14/h4-8,14H,3,9-11H2,1-2H3,(H,22,26)(H,23,24,25). The van der Waals surface area contributed by atoms with Gasteiger partial charge in [-0.1, -0.05) is 42.1 Å². The van der Waals surface area contributed by atoms with Crippen LogP contribution in [0.1, 0.15) is 47.4 Å². The summed E-state index contributed by atoms with van der Waals surface area (Å²) in [5.74, 6) is 0.882. The highest BCUT2D eigenvalue weighted by atomic mass is 32.2. The van der Waals surface area contributed by atoms with Gasteiger partial charge in [0, 0.05) is 10.8 Å². The molecule has 0 atom stereocenters. The Morgan fingerprint density at radius 2 is 2.07 bits per heavy atom. The van der Waals surface area contributed by atoms with Gasteiger partial charge < -0.3 is 10.1 Å². The van der Waals surface area contributed by atoms with Crippen molar-refractivity contribution in [3.8, 4) is 10.4 Å². The van der Waals surface area contributed by atoms with Gasteiger partial charge in [-0.25, -0.2) is 9.78 Å². The van der Waals surface area contributed by atoms with E-state index in [1.165, 1.54) is 23.1 Å². The van der Waals surface area contributed by atoms with E-state index in [1.807, 2.05) is 37.3 Å². The highest BCUT2D eigenvalue weighted by Crippen LogP contribution is 2.40. The van der Waals surface area contributed by atoms with Crippen LogP contribution in [0.15, 0.2) is 35.5 Å². The minimum Gasteiger partial charge on any atom is -0.462 e. The number of thioether (sulfide) groups is 1. The fourth-order valence-electron chi connectivity index (χ4n) is 3.07. The van der Waals surface area contributed by atoms with Crippen molar-refractivity contribution in [2.24, 2.45) is 0 Å². The smallest absolute Gasteiger partial charge is 0.341 e. The van der Waals surface area contributed by atoms with Gasteiger partial charge in [0.1, 0.15) is 10.8 Å². The van der Waals surface area contributed by atoms with Gasteiger partial charge in [-0.3, -0.25) is 9.89 Å². The van der Waals surface area contributed by atoms with Gasteiger partial charge in [0.05, 0.1) is 17.9 Å². The minimum atomic E-state index is -0.431. The van der Waals surface area contributed by atoms with Gasteiger partial charge >= 0.3 is 5.97 Å². The molecule has 4 rings (SSSR count). The van der Waals surface area contributed by atoms with E-state index in [9.17, 15) is 9.59 Å². The molecule has 0 saturated heterocycles. The van der Waals surface area contributed by atoms with Crippen LogP contribution in [0.4, 0.5) is 5.00 Å². The third-order valence-electron chi connectivity index (χ3n) is 4.69. The first kappa shape index (κ1) is 20.6. The van der Waals surface area contributed by atoms with E-state index in [-0.39, 0.29) is 18.3 Å². The number of rotatable bonds is 8. The molecule has 1 fully saturated rings. The van der Waals surface area contributed by atoms with E-state index >= 15 is 0 Å². The second-order valence-electron chi connectivity index (χ2n) is 6.96. The molecule has 0 bridgehead atoms. The molecular formula is C21H22N4O3S2. The lowest BCUT2D eigenvalue weighted by Gasteiger charge is -2.06.